The molecular formula is C20H24N6O. The van der Waals surface area contributed by atoms with E-state index < -0.39 is 0 Å². The fourth-order valence-electron chi connectivity index (χ4n) is 4.15. The maximum absolute atomic E-state index is 12.9. The van der Waals surface area contributed by atoms with E-state index in [4.69, 9.17) is 5.73 Å². The van der Waals surface area contributed by atoms with Crippen molar-refractivity contribution in [2.45, 2.75) is 31.5 Å². The van der Waals surface area contributed by atoms with E-state index >= 15 is 0 Å². The summed E-state index contributed by atoms with van der Waals surface area (Å²) in [5.41, 5.74) is 9.56. The molecule has 140 valence electrons. The standard InChI is InChI=1S/C20H24N6O/c21-10-16-2-1-9-26(16)20(27)17-12-25(13-18(17)22)11-14-3-5-15(6-4-14)19-7-8-23-24-19/h3-8,16-18H,1-2,9,11-13,22H2,(H,23,24)/t16-,17+,18-/m0/s1. The largest absolute Gasteiger partial charge is 0.326 e. The molecule has 27 heavy (non-hydrogen) atoms. The van der Waals surface area contributed by atoms with Crippen molar-refractivity contribution in [2.24, 2.45) is 11.7 Å². The lowest BCUT2D eigenvalue weighted by molar-refractivity contribution is -0.135. The van der Waals surface area contributed by atoms with Crippen LogP contribution in [0.1, 0.15) is 18.4 Å². The first-order chi connectivity index (χ1) is 13.2. The molecule has 2 aliphatic rings. The molecular weight excluding hydrogens is 340 g/mol. The second kappa shape index (κ2) is 7.51. The normalized spacial score (nSPS) is 25.6. The van der Waals surface area contributed by atoms with Crippen LogP contribution in [-0.4, -0.2) is 57.6 Å². The fourth-order valence-corrected chi connectivity index (χ4v) is 4.15. The molecule has 0 bridgehead atoms. The molecule has 1 amide bonds. The zero-order chi connectivity index (χ0) is 18.8. The van der Waals surface area contributed by atoms with Gasteiger partial charge in [0, 0.05) is 38.4 Å². The number of nitrogens with two attached hydrogens (primary N) is 1. The number of nitrogens with zero attached hydrogens (tertiary/aromatic N) is 4. The second-order valence-electron chi connectivity index (χ2n) is 7.45. The third kappa shape index (κ3) is 3.59. The lowest BCUT2D eigenvalue weighted by Crippen LogP contribution is -2.45. The summed E-state index contributed by atoms with van der Waals surface area (Å²) < 4.78 is 0. The minimum absolute atomic E-state index is 0.0450. The summed E-state index contributed by atoms with van der Waals surface area (Å²) in [6.07, 6.45) is 3.41. The summed E-state index contributed by atoms with van der Waals surface area (Å²) >= 11 is 0. The van der Waals surface area contributed by atoms with Crippen LogP contribution in [0.25, 0.3) is 11.3 Å². The molecule has 0 spiro atoms. The molecule has 3 N–H and O–H groups in total. The topological polar surface area (TPSA) is 102 Å². The molecule has 7 heteroatoms. The molecule has 0 radical (unpaired) electrons. The first-order valence-corrected chi connectivity index (χ1v) is 9.42. The van der Waals surface area contributed by atoms with Gasteiger partial charge in [-0.25, -0.2) is 0 Å². The third-order valence-electron chi connectivity index (χ3n) is 5.61. The number of aromatic nitrogens is 2. The number of hydrogen-bond acceptors (Lipinski definition) is 5. The first-order valence-electron chi connectivity index (χ1n) is 9.42. The summed E-state index contributed by atoms with van der Waals surface area (Å²) in [6.45, 7) is 2.79. The van der Waals surface area contributed by atoms with E-state index in [1.54, 1.807) is 11.1 Å². The number of likely N-dealkylation sites (tertiary alicyclic amines) is 2. The van der Waals surface area contributed by atoms with Crippen molar-refractivity contribution in [3.63, 3.8) is 0 Å². The Morgan fingerprint density at radius 1 is 1.30 bits per heavy atom. The van der Waals surface area contributed by atoms with Crippen LogP contribution in [0.2, 0.25) is 0 Å². The summed E-state index contributed by atoms with van der Waals surface area (Å²) in [5.74, 6) is -0.174. The summed E-state index contributed by atoms with van der Waals surface area (Å²) in [6, 6.07) is 12.1. The van der Waals surface area contributed by atoms with Gasteiger partial charge in [0.1, 0.15) is 6.04 Å². The number of carbonyl (C=O) groups excluding carboxylic acids is 1. The van der Waals surface area contributed by atoms with Gasteiger partial charge < -0.3 is 10.6 Å². The van der Waals surface area contributed by atoms with Crippen LogP contribution < -0.4 is 5.73 Å². The van der Waals surface area contributed by atoms with Crippen LogP contribution in [-0.2, 0) is 11.3 Å². The van der Waals surface area contributed by atoms with Gasteiger partial charge in [-0.15, -0.1) is 0 Å². The monoisotopic (exact) mass is 364 g/mol. The van der Waals surface area contributed by atoms with Crippen molar-refractivity contribution in [3.8, 4) is 17.3 Å². The van der Waals surface area contributed by atoms with Crippen molar-refractivity contribution in [2.75, 3.05) is 19.6 Å². The Morgan fingerprint density at radius 3 is 2.81 bits per heavy atom. The number of benzene rings is 1. The molecule has 2 fully saturated rings. The number of hydrogen-bond donors (Lipinski definition) is 2. The Hall–Kier alpha value is -2.69. The number of H-pyrrole nitrogens is 1. The van der Waals surface area contributed by atoms with E-state index in [-0.39, 0.29) is 23.9 Å². The van der Waals surface area contributed by atoms with Crippen LogP contribution in [0.15, 0.2) is 36.5 Å². The van der Waals surface area contributed by atoms with Crippen LogP contribution >= 0.6 is 0 Å². The maximum atomic E-state index is 12.9. The van der Waals surface area contributed by atoms with Gasteiger partial charge in [-0.1, -0.05) is 24.3 Å². The highest BCUT2D eigenvalue weighted by Crippen LogP contribution is 2.25. The molecule has 0 saturated carbocycles. The number of aromatic amines is 1. The van der Waals surface area contributed by atoms with Gasteiger partial charge in [0.05, 0.1) is 17.7 Å². The Kier molecular flexibility index (Phi) is 4.92. The summed E-state index contributed by atoms with van der Waals surface area (Å²) in [4.78, 5) is 16.8. The quantitative estimate of drug-likeness (QED) is 0.853. The van der Waals surface area contributed by atoms with Gasteiger partial charge in [-0.05, 0) is 30.0 Å². The second-order valence-corrected chi connectivity index (χ2v) is 7.45. The number of carbonyl (C=O) groups is 1. The van der Waals surface area contributed by atoms with Crippen molar-refractivity contribution in [3.05, 3.63) is 42.1 Å². The van der Waals surface area contributed by atoms with Crippen molar-refractivity contribution in [1.82, 2.24) is 20.0 Å². The van der Waals surface area contributed by atoms with Crippen molar-refractivity contribution < 1.29 is 4.79 Å². The van der Waals surface area contributed by atoms with Crippen molar-refractivity contribution in [1.29, 1.82) is 5.26 Å². The number of amides is 1. The molecule has 2 aliphatic heterocycles. The molecule has 0 aliphatic carbocycles. The zero-order valence-electron chi connectivity index (χ0n) is 15.2. The van der Waals surface area contributed by atoms with Crippen molar-refractivity contribution >= 4 is 5.91 Å². The Balaban J connectivity index is 1.38. The smallest absolute Gasteiger partial charge is 0.229 e. The molecule has 3 heterocycles. The van der Waals surface area contributed by atoms with Gasteiger partial charge in [-0.3, -0.25) is 14.8 Å². The van der Waals surface area contributed by atoms with Gasteiger partial charge in [-0.2, -0.15) is 10.4 Å². The SMILES string of the molecule is N#C[C@@H]1CCCN1C(=O)[C@@H]1CN(Cc2ccc(-c3ccn[nH]3)cc2)C[C@@H]1N. The number of nitriles is 1. The van der Waals surface area contributed by atoms with E-state index in [1.807, 2.05) is 6.07 Å². The van der Waals surface area contributed by atoms with E-state index in [1.165, 1.54) is 5.56 Å². The molecule has 4 rings (SSSR count). The molecule has 2 saturated heterocycles. The zero-order valence-corrected chi connectivity index (χ0v) is 15.2. The van der Waals surface area contributed by atoms with E-state index in [2.05, 4.69) is 45.4 Å². The molecule has 1 aromatic carbocycles. The summed E-state index contributed by atoms with van der Waals surface area (Å²) in [7, 11) is 0. The average Bonchev–Trinajstić information content (AvgIpc) is 3.42. The van der Waals surface area contributed by atoms with E-state index in [0.717, 1.165) is 30.6 Å². The van der Waals surface area contributed by atoms with Gasteiger partial charge in [0.25, 0.3) is 0 Å². The predicted octanol–water partition coefficient (Wildman–Crippen LogP) is 1.35. The highest BCUT2D eigenvalue weighted by Gasteiger charge is 2.40. The van der Waals surface area contributed by atoms with E-state index in [0.29, 0.717) is 19.6 Å². The van der Waals surface area contributed by atoms with Gasteiger partial charge in [0.15, 0.2) is 0 Å². The Labute approximate surface area is 158 Å². The Morgan fingerprint density at radius 2 is 2.11 bits per heavy atom. The third-order valence-corrected chi connectivity index (χ3v) is 5.61. The number of rotatable bonds is 4. The van der Waals surface area contributed by atoms with Crippen LogP contribution in [0.3, 0.4) is 0 Å². The summed E-state index contributed by atoms with van der Waals surface area (Å²) in [5, 5.41) is 16.2. The fraction of sp³-hybridized carbons (Fsp3) is 0.450. The predicted molar refractivity (Wildman–Crippen MR) is 101 cm³/mol. The molecule has 1 aromatic heterocycles. The lowest BCUT2D eigenvalue weighted by Gasteiger charge is -2.25. The van der Waals surface area contributed by atoms with Gasteiger partial charge in [0.2, 0.25) is 5.91 Å². The first kappa shape index (κ1) is 17.7. The average molecular weight is 364 g/mol. The number of nitrogens with one attached hydrogen (secondary N) is 1. The molecule has 3 atom stereocenters. The van der Waals surface area contributed by atoms with Gasteiger partial charge >= 0.3 is 0 Å². The highest BCUT2D eigenvalue weighted by atomic mass is 16.2. The lowest BCUT2D eigenvalue weighted by atomic mass is 10.0. The molecule has 2 aromatic rings. The van der Waals surface area contributed by atoms with Crippen LogP contribution in [0, 0.1) is 17.2 Å². The Bertz CT molecular complexity index is 825. The van der Waals surface area contributed by atoms with Crippen LogP contribution in [0.4, 0.5) is 0 Å². The minimum atomic E-state index is -0.284. The van der Waals surface area contributed by atoms with Crippen LogP contribution in [0.5, 0.6) is 0 Å². The molecule has 0 unspecified atom stereocenters. The van der Waals surface area contributed by atoms with E-state index in [9.17, 15) is 10.1 Å². The highest BCUT2D eigenvalue weighted by molar-refractivity contribution is 5.81. The molecule has 7 nitrogen and oxygen atoms in total. The minimum Gasteiger partial charge on any atom is -0.326 e. The maximum Gasteiger partial charge on any atom is 0.229 e.